The number of nitrogens with zero attached hydrogens (tertiary/aromatic N) is 1. The molecule has 0 saturated carbocycles. The van der Waals surface area contributed by atoms with Crippen molar-refractivity contribution in [3.63, 3.8) is 0 Å². The third kappa shape index (κ3) is 4.74. The minimum Gasteiger partial charge on any atom is -0.353 e. The quantitative estimate of drug-likeness (QED) is 0.928. The molecule has 0 unspecified atom stereocenters. The number of halogens is 1. The van der Waals surface area contributed by atoms with E-state index in [0.717, 1.165) is 18.4 Å². The summed E-state index contributed by atoms with van der Waals surface area (Å²) in [5.41, 5.74) is 0.978. The molecule has 4 nitrogen and oxygen atoms in total. The first-order valence-electron chi connectivity index (χ1n) is 7.40. The van der Waals surface area contributed by atoms with Gasteiger partial charge in [0.1, 0.15) is 0 Å². The van der Waals surface area contributed by atoms with Gasteiger partial charge in [0.05, 0.1) is 6.42 Å². The molecule has 0 aromatic heterocycles. The highest BCUT2D eigenvalue weighted by Crippen LogP contribution is 2.14. The lowest BCUT2D eigenvalue weighted by molar-refractivity contribution is -0.131. The number of hydrogen-bond donors (Lipinski definition) is 1. The van der Waals surface area contributed by atoms with Gasteiger partial charge in [-0.1, -0.05) is 30.7 Å². The lowest BCUT2D eigenvalue weighted by atomic mass is 10.0. The fraction of sp³-hybridized carbons (Fsp3) is 0.500. The first kappa shape index (κ1) is 15.8. The summed E-state index contributed by atoms with van der Waals surface area (Å²) in [5, 5.41) is 3.67. The van der Waals surface area contributed by atoms with Gasteiger partial charge in [0.2, 0.25) is 11.8 Å². The lowest BCUT2D eigenvalue weighted by Crippen LogP contribution is -2.46. The van der Waals surface area contributed by atoms with Crippen LogP contribution in [-0.2, 0) is 16.0 Å². The van der Waals surface area contributed by atoms with Gasteiger partial charge in [0.15, 0.2) is 0 Å². The van der Waals surface area contributed by atoms with Gasteiger partial charge < -0.3 is 10.2 Å². The van der Waals surface area contributed by atoms with E-state index in [1.54, 1.807) is 12.1 Å². The van der Waals surface area contributed by atoms with Crippen molar-refractivity contribution in [2.45, 2.75) is 38.6 Å². The number of amides is 2. The van der Waals surface area contributed by atoms with Crippen LogP contribution in [0.25, 0.3) is 0 Å². The molecule has 0 atom stereocenters. The molecule has 21 heavy (non-hydrogen) atoms. The van der Waals surface area contributed by atoms with Gasteiger partial charge in [-0.05, 0) is 30.5 Å². The molecular formula is C16H21ClN2O2. The van der Waals surface area contributed by atoms with Gasteiger partial charge in [0.25, 0.3) is 0 Å². The zero-order valence-electron chi connectivity index (χ0n) is 12.3. The second kappa shape index (κ2) is 7.46. The van der Waals surface area contributed by atoms with Crippen LogP contribution in [0.4, 0.5) is 0 Å². The maximum absolute atomic E-state index is 12.2. The number of hydrogen-bond acceptors (Lipinski definition) is 2. The van der Waals surface area contributed by atoms with Gasteiger partial charge in [0, 0.05) is 30.6 Å². The summed E-state index contributed by atoms with van der Waals surface area (Å²) in [5.74, 6) is 0.221. The Balaban J connectivity index is 1.80. The van der Waals surface area contributed by atoms with E-state index in [2.05, 4.69) is 5.32 Å². The van der Waals surface area contributed by atoms with E-state index >= 15 is 0 Å². The standard InChI is InChI=1S/C16H21ClN2O2/c1-2-15(20)18-14-7-9-19(10-8-14)16(21)11-12-3-5-13(17)6-4-12/h3-6,14H,2,7-11H2,1H3,(H,18,20). The number of piperidine rings is 1. The topological polar surface area (TPSA) is 49.4 Å². The Labute approximate surface area is 130 Å². The minimum absolute atomic E-state index is 0.0842. The van der Waals surface area contributed by atoms with Crippen molar-refractivity contribution < 1.29 is 9.59 Å². The SMILES string of the molecule is CCC(=O)NC1CCN(C(=O)Cc2ccc(Cl)cc2)CC1. The van der Waals surface area contributed by atoms with Crippen LogP contribution in [0.15, 0.2) is 24.3 Å². The maximum Gasteiger partial charge on any atom is 0.226 e. The third-order valence-corrected chi connectivity index (χ3v) is 4.05. The Morgan fingerprint density at radius 3 is 2.43 bits per heavy atom. The van der Waals surface area contributed by atoms with E-state index in [-0.39, 0.29) is 17.9 Å². The first-order valence-corrected chi connectivity index (χ1v) is 7.78. The second-order valence-electron chi connectivity index (χ2n) is 5.38. The Hall–Kier alpha value is -1.55. The summed E-state index contributed by atoms with van der Waals surface area (Å²) in [6.07, 6.45) is 2.58. The average molecular weight is 309 g/mol. The molecule has 2 rings (SSSR count). The van der Waals surface area contributed by atoms with Crippen LogP contribution in [-0.4, -0.2) is 35.8 Å². The molecule has 1 aromatic carbocycles. The molecule has 114 valence electrons. The lowest BCUT2D eigenvalue weighted by Gasteiger charge is -2.32. The Morgan fingerprint density at radius 1 is 1.24 bits per heavy atom. The fourth-order valence-electron chi connectivity index (χ4n) is 2.49. The monoisotopic (exact) mass is 308 g/mol. The first-order chi connectivity index (χ1) is 10.1. The highest BCUT2D eigenvalue weighted by molar-refractivity contribution is 6.30. The normalized spacial score (nSPS) is 15.8. The van der Waals surface area contributed by atoms with Crippen LogP contribution >= 0.6 is 11.6 Å². The van der Waals surface area contributed by atoms with Crippen molar-refractivity contribution in [2.75, 3.05) is 13.1 Å². The van der Waals surface area contributed by atoms with Gasteiger partial charge in [-0.3, -0.25) is 9.59 Å². The van der Waals surface area contributed by atoms with E-state index in [1.165, 1.54) is 0 Å². The molecule has 1 fully saturated rings. The van der Waals surface area contributed by atoms with Crippen molar-refractivity contribution in [1.29, 1.82) is 0 Å². The maximum atomic E-state index is 12.2. The van der Waals surface area contributed by atoms with Gasteiger partial charge in [-0.15, -0.1) is 0 Å². The Morgan fingerprint density at radius 2 is 1.86 bits per heavy atom. The van der Waals surface area contributed by atoms with Crippen molar-refractivity contribution >= 4 is 23.4 Å². The zero-order valence-corrected chi connectivity index (χ0v) is 13.0. The third-order valence-electron chi connectivity index (χ3n) is 3.80. The summed E-state index contributed by atoms with van der Waals surface area (Å²) in [4.78, 5) is 25.5. The highest BCUT2D eigenvalue weighted by Gasteiger charge is 2.23. The van der Waals surface area contributed by atoms with Gasteiger partial charge in [-0.25, -0.2) is 0 Å². The van der Waals surface area contributed by atoms with E-state index in [1.807, 2.05) is 24.0 Å². The average Bonchev–Trinajstić information content (AvgIpc) is 2.50. The molecule has 0 radical (unpaired) electrons. The van der Waals surface area contributed by atoms with E-state index in [0.29, 0.717) is 31.0 Å². The van der Waals surface area contributed by atoms with Crippen molar-refractivity contribution in [1.82, 2.24) is 10.2 Å². The second-order valence-corrected chi connectivity index (χ2v) is 5.82. The molecule has 1 aliphatic heterocycles. The fourth-order valence-corrected chi connectivity index (χ4v) is 2.62. The molecule has 5 heteroatoms. The van der Waals surface area contributed by atoms with Crippen LogP contribution < -0.4 is 5.32 Å². The summed E-state index contributed by atoms with van der Waals surface area (Å²) in [7, 11) is 0. The summed E-state index contributed by atoms with van der Waals surface area (Å²) in [6.45, 7) is 3.27. The largest absolute Gasteiger partial charge is 0.353 e. The number of carbonyl (C=O) groups is 2. The van der Waals surface area contributed by atoms with E-state index in [9.17, 15) is 9.59 Å². The molecule has 0 aliphatic carbocycles. The highest BCUT2D eigenvalue weighted by atomic mass is 35.5. The Kier molecular flexibility index (Phi) is 5.62. The van der Waals surface area contributed by atoms with Gasteiger partial charge in [-0.2, -0.15) is 0 Å². The number of nitrogens with one attached hydrogen (secondary N) is 1. The molecule has 1 heterocycles. The van der Waals surface area contributed by atoms with Crippen LogP contribution in [0, 0.1) is 0 Å². The molecule has 1 aromatic rings. The van der Waals surface area contributed by atoms with Crippen LogP contribution in [0.2, 0.25) is 5.02 Å². The van der Waals surface area contributed by atoms with Crippen molar-refractivity contribution in [3.8, 4) is 0 Å². The minimum atomic E-state index is 0.0842. The van der Waals surface area contributed by atoms with E-state index in [4.69, 9.17) is 11.6 Å². The summed E-state index contributed by atoms with van der Waals surface area (Å²) in [6, 6.07) is 7.58. The molecule has 0 bridgehead atoms. The number of benzene rings is 1. The molecule has 2 amide bonds. The molecule has 1 aliphatic rings. The van der Waals surface area contributed by atoms with Crippen molar-refractivity contribution in [3.05, 3.63) is 34.9 Å². The number of likely N-dealkylation sites (tertiary alicyclic amines) is 1. The summed E-state index contributed by atoms with van der Waals surface area (Å²) >= 11 is 5.84. The molecular weight excluding hydrogens is 288 g/mol. The molecule has 1 saturated heterocycles. The van der Waals surface area contributed by atoms with Gasteiger partial charge >= 0.3 is 0 Å². The predicted octanol–water partition coefficient (Wildman–Crippen LogP) is 2.40. The van der Waals surface area contributed by atoms with Crippen LogP contribution in [0.5, 0.6) is 0 Å². The zero-order chi connectivity index (χ0) is 15.2. The summed E-state index contributed by atoms with van der Waals surface area (Å²) < 4.78 is 0. The molecule has 1 N–H and O–H groups in total. The Bertz CT molecular complexity index is 494. The van der Waals surface area contributed by atoms with Crippen LogP contribution in [0.1, 0.15) is 31.7 Å². The van der Waals surface area contributed by atoms with Crippen LogP contribution in [0.3, 0.4) is 0 Å². The van der Waals surface area contributed by atoms with Crippen molar-refractivity contribution in [2.24, 2.45) is 0 Å². The number of carbonyl (C=O) groups excluding carboxylic acids is 2. The smallest absolute Gasteiger partial charge is 0.226 e. The predicted molar refractivity (Wildman–Crippen MR) is 83.2 cm³/mol. The van der Waals surface area contributed by atoms with E-state index < -0.39 is 0 Å². The molecule has 0 spiro atoms. The number of rotatable bonds is 4.